The Balaban J connectivity index is 1.41. The van der Waals surface area contributed by atoms with Gasteiger partial charge in [0.1, 0.15) is 0 Å². The average molecular weight is 440 g/mol. The molecular formula is C23H25N3O4S. The van der Waals surface area contributed by atoms with E-state index < -0.39 is 10.0 Å². The molecule has 0 aliphatic carbocycles. The average Bonchev–Trinajstić information content (AvgIpc) is 3.30. The van der Waals surface area contributed by atoms with Gasteiger partial charge in [-0.25, -0.2) is 8.42 Å². The third-order valence-corrected chi connectivity index (χ3v) is 7.41. The predicted octanol–water partition coefficient (Wildman–Crippen LogP) is 3.61. The summed E-state index contributed by atoms with van der Waals surface area (Å²) in [5.74, 6) is 0.601. The number of carbonyl (C=O) groups is 1. The minimum absolute atomic E-state index is 0.222. The van der Waals surface area contributed by atoms with Gasteiger partial charge in [-0.1, -0.05) is 61.5 Å². The second kappa shape index (κ2) is 8.64. The van der Waals surface area contributed by atoms with Crippen LogP contribution in [-0.2, 0) is 10.0 Å². The van der Waals surface area contributed by atoms with Crippen LogP contribution in [0.1, 0.15) is 35.8 Å². The van der Waals surface area contributed by atoms with E-state index in [0.29, 0.717) is 24.8 Å². The molecule has 1 amide bonds. The number of hydrogen-bond donors (Lipinski definition) is 0. The highest BCUT2D eigenvalue weighted by Crippen LogP contribution is 2.23. The Kier molecular flexibility index (Phi) is 5.93. The molecule has 3 aromatic rings. The van der Waals surface area contributed by atoms with Crippen molar-refractivity contribution in [2.45, 2.75) is 24.7 Å². The van der Waals surface area contributed by atoms with Crippen molar-refractivity contribution in [3.8, 4) is 11.3 Å². The maximum Gasteiger partial charge on any atom is 0.276 e. The molecule has 2 aromatic carbocycles. The van der Waals surface area contributed by atoms with Gasteiger partial charge in [-0.2, -0.15) is 4.31 Å². The highest BCUT2D eigenvalue weighted by Gasteiger charge is 2.31. The Morgan fingerprint density at radius 1 is 0.968 bits per heavy atom. The number of benzene rings is 2. The lowest BCUT2D eigenvalue weighted by molar-refractivity contribution is 0.0687. The molecule has 0 spiro atoms. The predicted molar refractivity (Wildman–Crippen MR) is 117 cm³/mol. The Morgan fingerprint density at radius 3 is 2.23 bits per heavy atom. The lowest BCUT2D eigenvalue weighted by atomic mass is 10.0. The zero-order chi connectivity index (χ0) is 22.0. The van der Waals surface area contributed by atoms with Gasteiger partial charge in [0.25, 0.3) is 5.91 Å². The van der Waals surface area contributed by atoms with E-state index >= 15 is 0 Å². The molecule has 2 heterocycles. The molecule has 7 nitrogen and oxygen atoms in total. The molecular weight excluding hydrogens is 414 g/mol. The van der Waals surface area contributed by atoms with Gasteiger partial charge < -0.3 is 9.42 Å². The van der Waals surface area contributed by atoms with E-state index in [2.05, 4.69) is 19.0 Å². The van der Waals surface area contributed by atoms with Gasteiger partial charge in [-0.05, 0) is 23.6 Å². The maximum atomic E-state index is 13.0. The second-order valence-corrected chi connectivity index (χ2v) is 9.80. The van der Waals surface area contributed by atoms with Crippen molar-refractivity contribution in [2.24, 2.45) is 0 Å². The van der Waals surface area contributed by atoms with Gasteiger partial charge >= 0.3 is 0 Å². The zero-order valence-electron chi connectivity index (χ0n) is 17.6. The molecule has 4 rings (SSSR count). The number of carbonyl (C=O) groups excluding carboxylic acids is 1. The van der Waals surface area contributed by atoms with Crippen LogP contribution >= 0.6 is 0 Å². The zero-order valence-corrected chi connectivity index (χ0v) is 18.4. The highest BCUT2D eigenvalue weighted by atomic mass is 32.2. The van der Waals surface area contributed by atoms with Crippen molar-refractivity contribution in [3.05, 3.63) is 71.9 Å². The molecule has 1 aliphatic rings. The summed E-state index contributed by atoms with van der Waals surface area (Å²) in [5, 5.41) is 3.91. The minimum atomic E-state index is -3.59. The van der Waals surface area contributed by atoms with Crippen molar-refractivity contribution < 1.29 is 17.7 Å². The Morgan fingerprint density at radius 2 is 1.61 bits per heavy atom. The van der Waals surface area contributed by atoms with Gasteiger partial charge in [-0.15, -0.1) is 0 Å². The summed E-state index contributed by atoms with van der Waals surface area (Å²) < 4.78 is 32.7. The van der Waals surface area contributed by atoms with E-state index in [1.165, 1.54) is 4.31 Å². The number of sulfonamides is 1. The molecule has 0 saturated carbocycles. The number of nitrogens with zero attached hydrogens (tertiary/aromatic N) is 3. The third kappa shape index (κ3) is 4.40. The van der Waals surface area contributed by atoms with Crippen molar-refractivity contribution >= 4 is 15.9 Å². The molecule has 1 saturated heterocycles. The first-order chi connectivity index (χ1) is 14.9. The molecule has 0 N–H and O–H groups in total. The third-order valence-electron chi connectivity index (χ3n) is 5.50. The summed E-state index contributed by atoms with van der Waals surface area (Å²) in [6, 6.07) is 18.1. The van der Waals surface area contributed by atoms with Crippen LogP contribution < -0.4 is 0 Å². The summed E-state index contributed by atoms with van der Waals surface area (Å²) in [6.45, 7) is 5.22. The molecule has 0 bridgehead atoms. The fraction of sp³-hybridized carbons (Fsp3) is 0.304. The smallest absolute Gasteiger partial charge is 0.276 e. The van der Waals surface area contributed by atoms with Crippen LogP contribution in [-0.4, -0.2) is 54.9 Å². The van der Waals surface area contributed by atoms with Crippen LogP contribution in [0.4, 0.5) is 0 Å². The lowest BCUT2D eigenvalue weighted by Crippen LogP contribution is -2.50. The summed E-state index contributed by atoms with van der Waals surface area (Å²) in [6.07, 6.45) is 0. The Bertz CT molecular complexity index is 1150. The molecule has 0 atom stereocenters. The molecule has 0 radical (unpaired) electrons. The first-order valence-corrected chi connectivity index (χ1v) is 11.7. The molecule has 1 fully saturated rings. The van der Waals surface area contributed by atoms with E-state index in [0.717, 1.165) is 11.1 Å². The van der Waals surface area contributed by atoms with Crippen molar-refractivity contribution in [1.29, 1.82) is 0 Å². The number of rotatable bonds is 5. The highest BCUT2D eigenvalue weighted by molar-refractivity contribution is 7.89. The SMILES string of the molecule is CC(C)c1ccc(S(=O)(=O)N2CCN(C(=O)c3cc(-c4ccccc4)on3)CC2)cc1. The van der Waals surface area contributed by atoms with Crippen LogP contribution in [0.2, 0.25) is 0 Å². The standard InChI is InChI=1S/C23H25N3O4S/c1-17(2)18-8-10-20(11-9-18)31(28,29)26-14-12-25(13-15-26)23(27)21-16-22(30-24-21)19-6-4-3-5-7-19/h3-11,16-17H,12-15H2,1-2H3. The van der Waals surface area contributed by atoms with E-state index in [1.54, 1.807) is 23.1 Å². The summed E-state index contributed by atoms with van der Waals surface area (Å²) in [4.78, 5) is 14.7. The molecule has 162 valence electrons. The van der Waals surface area contributed by atoms with Crippen LogP contribution in [0.25, 0.3) is 11.3 Å². The first kappa shape index (κ1) is 21.3. The van der Waals surface area contributed by atoms with Gasteiger partial charge in [0.05, 0.1) is 4.90 Å². The monoisotopic (exact) mass is 439 g/mol. The molecule has 1 aromatic heterocycles. The number of piperazine rings is 1. The van der Waals surface area contributed by atoms with Gasteiger partial charge in [0.2, 0.25) is 10.0 Å². The second-order valence-electron chi connectivity index (χ2n) is 7.86. The van der Waals surface area contributed by atoms with Crippen LogP contribution in [0.15, 0.2) is 70.1 Å². The van der Waals surface area contributed by atoms with Gasteiger partial charge in [-0.3, -0.25) is 4.79 Å². The number of hydrogen-bond acceptors (Lipinski definition) is 5. The van der Waals surface area contributed by atoms with Crippen molar-refractivity contribution in [1.82, 2.24) is 14.4 Å². The molecule has 1 aliphatic heterocycles. The van der Waals surface area contributed by atoms with E-state index in [-0.39, 0.29) is 29.6 Å². The normalized spacial score (nSPS) is 15.4. The van der Waals surface area contributed by atoms with Crippen LogP contribution in [0.3, 0.4) is 0 Å². The van der Waals surface area contributed by atoms with E-state index in [9.17, 15) is 13.2 Å². The van der Waals surface area contributed by atoms with E-state index in [4.69, 9.17) is 4.52 Å². The summed E-state index contributed by atoms with van der Waals surface area (Å²) in [5.41, 5.74) is 2.16. The molecule has 31 heavy (non-hydrogen) atoms. The fourth-order valence-electron chi connectivity index (χ4n) is 3.58. The van der Waals surface area contributed by atoms with Gasteiger partial charge in [0, 0.05) is 37.8 Å². The number of amides is 1. The molecule has 0 unspecified atom stereocenters. The fourth-order valence-corrected chi connectivity index (χ4v) is 5.00. The Labute approximate surface area is 182 Å². The van der Waals surface area contributed by atoms with Crippen LogP contribution in [0.5, 0.6) is 0 Å². The summed E-state index contributed by atoms with van der Waals surface area (Å²) in [7, 11) is -3.59. The maximum absolute atomic E-state index is 13.0. The van der Waals surface area contributed by atoms with Gasteiger partial charge in [0.15, 0.2) is 11.5 Å². The minimum Gasteiger partial charge on any atom is -0.355 e. The summed E-state index contributed by atoms with van der Waals surface area (Å²) >= 11 is 0. The van der Waals surface area contributed by atoms with Crippen molar-refractivity contribution in [2.75, 3.05) is 26.2 Å². The van der Waals surface area contributed by atoms with Crippen molar-refractivity contribution in [3.63, 3.8) is 0 Å². The van der Waals surface area contributed by atoms with E-state index in [1.807, 2.05) is 42.5 Å². The lowest BCUT2D eigenvalue weighted by Gasteiger charge is -2.33. The first-order valence-electron chi connectivity index (χ1n) is 10.3. The Hall–Kier alpha value is -2.97. The van der Waals surface area contributed by atoms with Crippen LogP contribution in [0, 0.1) is 0 Å². The molecule has 8 heteroatoms. The number of aromatic nitrogens is 1. The quantitative estimate of drug-likeness (QED) is 0.606. The largest absolute Gasteiger partial charge is 0.355 e. The topological polar surface area (TPSA) is 83.7 Å².